The molecule has 3 heterocycles. The van der Waals surface area contributed by atoms with Gasteiger partial charge in [0, 0.05) is 23.7 Å². The lowest BCUT2D eigenvalue weighted by Crippen LogP contribution is -2.39. The molecule has 0 spiro atoms. The van der Waals surface area contributed by atoms with Gasteiger partial charge < -0.3 is 14.8 Å². The zero-order chi connectivity index (χ0) is 17.9. The van der Waals surface area contributed by atoms with Gasteiger partial charge in [0.15, 0.2) is 0 Å². The van der Waals surface area contributed by atoms with Gasteiger partial charge in [-0.3, -0.25) is 5.32 Å². The summed E-state index contributed by atoms with van der Waals surface area (Å²) in [7, 11) is 1.62. The van der Waals surface area contributed by atoms with E-state index in [1.807, 2.05) is 29.6 Å². The maximum absolute atomic E-state index is 12.4. The largest absolute Gasteiger partial charge is 0.497 e. The molecule has 4 rings (SSSR count). The van der Waals surface area contributed by atoms with Crippen molar-refractivity contribution in [3.05, 3.63) is 35.0 Å². The minimum atomic E-state index is -0.402. The minimum absolute atomic E-state index is 0.402. The Morgan fingerprint density at radius 2 is 2.08 bits per heavy atom. The fraction of sp³-hybridized carbons (Fsp3) is 0.450. The van der Waals surface area contributed by atoms with Gasteiger partial charge in [0.05, 0.1) is 19.4 Å². The van der Waals surface area contributed by atoms with Crippen LogP contribution in [0.25, 0.3) is 11.1 Å². The number of rotatable bonds is 5. The number of ether oxygens (including phenoxy) is 2. The van der Waals surface area contributed by atoms with Crippen LogP contribution in [0.15, 0.2) is 35.0 Å². The van der Waals surface area contributed by atoms with Gasteiger partial charge in [-0.05, 0) is 66.1 Å². The number of nitrogens with one attached hydrogen (secondary N) is 2. The van der Waals surface area contributed by atoms with E-state index in [0.717, 1.165) is 24.0 Å². The smallest absolute Gasteiger partial charge is 0.411 e. The normalized spacial score (nSPS) is 24.3. The van der Waals surface area contributed by atoms with Crippen LogP contribution in [0.4, 0.5) is 10.5 Å². The number of anilines is 1. The highest BCUT2D eigenvalue weighted by Gasteiger charge is 2.33. The van der Waals surface area contributed by atoms with E-state index in [-0.39, 0.29) is 0 Å². The Balaban J connectivity index is 1.40. The number of benzene rings is 1. The molecule has 2 atom stereocenters. The summed E-state index contributed by atoms with van der Waals surface area (Å²) in [4.78, 5) is 12.4. The topological polar surface area (TPSA) is 59.6 Å². The molecule has 2 bridgehead atoms. The van der Waals surface area contributed by atoms with Gasteiger partial charge in [-0.2, -0.15) is 11.3 Å². The average molecular weight is 372 g/mol. The molecule has 2 aliphatic rings. The van der Waals surface area contributed by atoms with Crippen molar-refractivity contribution in [2.24, 2.45) is 5.92 Å². The lowest BCUT2D eigenvalue weighted by molar-refractivity contribution is 0.122. The first kappa shape index (κ1) is 17.4. The number of hydrogen-bond donors (Lipinski definition) is 2. The number of thiophene rings is 1. The summed E-state index contributed by atoms with van der Waals surface area (Å²) in [6.07, 6.45) is 4.30. The van der Waals surface area contributed by atoms with Crippen molar-refractivity contribution in [2.75, 3.05) is 19.0 Å². The maximum Gasteiger partial charge on any atom is 0.411 e. The zero-order valence-electron chi connectivity index (χ0n) is 14.9. The van der Waals surface area contributed by atoms with Crippen LogP contribution in [-0.2, 0) is 4.74 Å². The molecule has 0 saturated carbocycles. The number of hydrogen-bond acceptors (Lipinski definition) is 5. The van der Waals surface area contributed by atoms with Gasteiger partial charge in [0.1, 0.15) is 5.75 Å². The zero-order valence-corrected chi connectivity index (χ0v) is 15.7. The molecule has 2 aromatic rings. The van der Waals surface area contributed by atoms with Gasteiger partial charge >= 0.3 is 6.09 Å². The van der Waals surface area contributed by atoms with Gasteiger partial charge in [-0.15, -0.1) is 0 Å². The molecule has 5 nitrogen and oxygen atoms in total. The summed E-state index contributed by atoms with van der Waals surface area (Å²) in [6.45, 7) is 0.484. The lowest BCUT2D eigenvalue weighted by Gasteiger charge is -2.28. The van der Waals surface area contributed by atoms with E-state index in [0.29, 0.717) is 36.0 Å². The highest BCUT2D eigenvalue weighted by molar-refractivity contribution is 7.08. The lowest BCUT2D eigenvalue weighted by atomic mass is 9.93. The molecule has 2 unspecified atom stereocenters. The molecule has 0 aliphatic carbocycles. The third-order valence-corrected chi connectivity index (χ3v) is 6.00. The number of carbonyl (C=O) groups is 1. The van der Waals surface area contributed by atoms with E-state index in [1.165, 1.54) is 12.8 Å². The van der Waals surface area contributed by atoms with Crippen LogP contribution in [0, 0.1) is 5.92 Å². The van der Waals surface area contributed by atoms with Gasteiger partial charge in [-0.1, -0.05) is 0 Å². The summed E-state index contributed by atoms with van der Waals surface area (Å²) in [5.41, 5.74) is 2.74. The molecule has 26 heavy (non-hydrogen) atoms. The number of fused-ring (bicyclic) bond motifs is 2. The summed E-state index contributed by atoms with van der Waals surface area (Å²) >= 11 is 1.63. The quantitative estimate of drug-likeness (QED) is 0.811. The van der Waals surface area contributed by atoms with Gasteiger partial charge in [-0.25, -0.2) is 4.79 Å². The predicted octanol–water partition coefficient (Wildman–Crippen LogP) is 4.50. The first-order valence-corrected chi connectivity index (χ1v) is 10.1. The van der Waals surface area contributed by atoms with Crippen LogP contribution in [-0.4, -0.2) is 31.9 Å². The highest BCUT2D eigenvalue weighted by atomic mass is 32.1. The van der Waals surface area contributed by atoms with Crippen molar-refractivity contribution < 1.29 is 14.3 Å². The molecular weight excluding hydrogens is 348 g/mol. The summed E-state index contributed by atoms with van der Waals surface area (Å²) in [6, 6.07) is 8.94. The molecule has 0 radical (unpaired) electrons. The second-order valence-corrected chi connectivity index (χ2v) is 7.90. The molecule has 1 aromatic carbocycles. The molecular formula is C20H24N2O3S. The van der Waals surface area contributed by atoms with E-state index in [4.69, 9.17) is 9.47 Å². The minimum Gasteiger partial charge on any atom is -0.497 e. The van der Waals surface area contributed by atoms with Crippen molar-refractivity contribution in [1.29, 1.82) is 0 Å². The fourth-order valence-electron chi connectivity index (χ4n) is 4.07. The van der Waals surface area contributed by atoms with E-state index in [2.05, 4.69) is 16.0 Å². The molecule has 2 N–H and O–H groups in total. The Hall–Kier alpha value is -2.05. The van der Waals surface area contributed by atoms with E-state index in [1.54, 1.807) is 18.4 Å². The number of carbonyl (C=O) groups excluding carboxylic acids is 1. The van der Waals surface area contributed by atoms with Gasteiger partial charge in [0.2, 0.25) is 0 Å². The monoisotopic (exact) mass is 372 g/mol. The molecule has 138 valence electrons. The number of amides is 1. The Kier molecular flexibility index (Phi) is 5.13. The molecule has 2 aliphatic heterocycles. The summed E-state index contributed by atoms with van der Waals surface area (Å²) in [5.74, 6) is 1.16. The molecule has 6 heteroatoms. The van der Waals surface area contributed by atoms with Crippen LogP contribution in [0.1, 0.15) is 25.7 Å². The second kappa shape index (κ2) is 7.68. The first-order valence-electron chi connectivity index (χ1n) is 9.11. The van der Waals surface area contributed by atoms with E-state index in [9.17, 15) is 4.79 Å². The molecule has 2 saturated heterocycles. The third-order valence-electron chi connectivity index (χ3n) is 5.32. The Morgan fingerprint density at radius 1 is 1.27 bits per heavy atom. The third kappa shape index (κ3) is 3.86. The van der Waals surface area contributed by atoms with Gasteiger partial charge in [0.25, 0.3) is 0 Å². The van der Waals surface area contributed by atoms with Crippen molar-refractivity contribution >= 4 is 23.1 Å². The van der Waals surface area contributed by atoms with Crippen LogP contribution in [0.3, 0.4) is 0 Å². The molecule has 1 amide bonds. The van der Waals surface area contributed by atoms with Crippen LogP contribution in [0.2, 0.25) is 0 Å². The van der Waals surface area contributed by atoms with Crippen LogP contribution in [0.5, 0.6) is 5.75 Å². The van der Waals surface area contributed by atoms with Crippen LogP contribution >= 0.6 is 11.3 Å². The van der Waals surface area contributed by atoms with Crippen molar-refractivity contribution in [1.82, 2.24) is 5.32 Å². The second-order valence-electron chi connectivity index (χ2n) is 7.12. The summed E-state index contributed by atoms with van der Waals surface area (Å²) in [5, 5.41) is 10.6. The van der Waals surface area contributed by atoms with E-state index < -0.39 is 6.09 Å². The van der Waals surface area contributed by atoms with Crippen LogP contribution < -0.4 is 15.4 Å². The van der Waals surface area contributed by atoms with Crippen molar-refractivity contribution in [3.8, 4) is 16.9 Å². The SMILES string of the molecule is COc1ccc(-c2ccsc2)c(NC(=O)OCC2CC3CCC(C2)N3)c1. The molecule has 1 aromatic heterocycles. The molecule has 2 fully saturated rings. The Bertz CT molecular complexity index is 750. The first-order chi connectivity index (χ1) is 12.7. The van der Waals surface area contributed by atoms with E-state index >= 15 is 0 Å². The summed E-state index contributed by atoms with van der Waals surface area (Å²) < 4.78 is 10.8. The number of methoxy groups -OCH3 is 1. The average Bonchev–Trinajstić information content (AvgIpc) is 3.30. The Morgan fingerprint density at radius 3 is 2.77 bits per heavy atom. The Labute approximate surface area is 157 Å². The standard InChI is InChI=1S/C20H24N2O3S/c1-24-17-4-5-18(14-6-7-26-12-14)19(10-17)22-20(23)25-11-13-8-15-2-3-16(9-13)21-15/h4-7,10,12-13,15-16,21H,2-3,8-9,11H2,1H3,(H,22,23). The fourth-order valence-corrected chi connectivity index (χ4v) is 4.73. The highest BCUT2D eigenvalue weighted by Crippen LogP contribution is 2.33. The van der Waals surface area contributed by atoms with Crippen molar-refractivity contribution in [2.45, 2.75) is 37.8 Å². The van der Waals surface area contributed by atoms with Crippen molar-refractivity contribution in [3.63, 3.8) is 0 Å². The number of piperidine rings is 1. The maximum atomic E-state index is 12.4. The predicted molar refractivity (Wildman–Crippen MR) is 104 cm³/mol.